The number of hydrogen-bond donors (Lipinski definition) is 3. The highest BCUT2D eigenvalue weighted by Gasteiger charge is 2.30. The fourth-order valence-corrected chi connectivity index (χ4v) is 2.38. The molecule has 0 saturated carbocycles. The molecule has 0 amide bonds. The van der Waals surface area contributed by atoms with Crippen LogP contribution in [0.4, 0.5) is 0 Å². The summed E-state index contributed by atoms with van der Waals surface area (Å²) in [5.41, 5.74) is 1.10. The van der Waals surface area contributed by atoms with Crippen molar-refractivity contribution in [3.63, 3.8) is 0 Å². The van der Waals surface area contributed by atoms with Gasteiger partial charge in [0.2, 0.25) is 0 Å². The third-order valence-electron chi connectivity index (χ3n) is 4.02. The van der Waals surface area contributed by atoms with Crippen molar-refractivity contribution in [3.8, 4) is 0 Å². The average Bonchev–Trinajstić information content (AvgIpc) is 2.52. The Balaban J connectivity index is 2.38. The maximum absolute atomic E-state index is 10.3. The maximum Gasteiger partial charge on any atom is 0.0717 e. The largest absolute Gasteiger partial charge is 0.396 e. The molecule has 0 unspecified atom stereocenters. The zero-order chi connectivity index (χ0) is 15.8. The number of aliphatic hydroxyl groups is 3. The Morgan fingerprint density at radius 1 is 0.952 bits per heavy atom. The van der Waals surface area contributed by atoms with E-state index in [0.29, 0.717) is 13.2 Å². The van der Waals surface area contributed by atoms with Gasteiger partial charge in [-0.15, -0.1) is 0 Å². The number of ether oxygens (including phenoxy) is 1. The summed E-state index contributed by atoms with van der Waals surface area (Å²) in [5, 5.41) is 29.4. The van der Waals surface area contributed by atoms with Crippen molar-refractivity contribution in [2.45, 2.75) is 39.6 Å². The van der Waals surface area contributed by atoms with Gasteiger partial charge in [0.05, 0.1) is 25.4 Å². The average molecular weight is 296 g/mol. The second kappa shape index (κ2) is 9.15. The summed E-state index contributed by atoms with van der Waals surface area (Å²) in [6.07, 6.45) is -1.38. The van der Waals surface area contributed by atoms with Crippen LogP contribution in [-0.4, -0.2) is 40.7 Å². The predicted octanol–water partition coefficient (Wildman–Crippen LogP) is 1.83. The summed E-state index contributed by atoms with van der Waals surface area (Å²) < 4.78 is 5.63. The molecular formula is C17H28O4. The van der Waals surface area contributed by atoms with Crippen molar-refractivity contribution < 1.29 is 20.1 Å². The molecule has 1 rings (SSSR count). The minimum Gasteiger partial charge on any atom is -0.396 e. The van der Waals surface area contributed by atoms with Gasteiger partial charge in [-0.25, -0.2) is 0 Å². The number of hydrogen-bond acceptors (Lipinski definition) is 4. The molecule has 4 heteroatoms. The van der Waals surface area contributed by atoms with Gasteiger partial charge in [-0.3, -0.25) is 0 Å². The highest BCUT2D eigenvalue weighted by atomic mass is 16.5. The third-order valence-corrected chi connectivity index (χ3v) is 4.02. The van der Waals surface area contributed by atoms with Crippen LogP contribution in [0.3, 0.4) is 0 Å². The van der Waals surface area contributed by atoms with Gasteiger partial charge in [0.25, 0.3) is 0 Å². The zero-order valence-electron chi connectivity index (χ0n) is 13.1. The van der Waals surface area contributed by atoms with Gasteiger partial charge < -0.3 is 20.1 Å². The lowest BCUT2D eigenvalue weighted by Crippen LogP contribution is -2.39. The normalized spacial score (nSPS) is 18.8. The summed E-state index contributed by atoms with van der Waals surface area (Å²) in [5.74, 6) is -0.626. The Kier molecular flexibility index (Phi) is 7.89. The summed E-state index contributed by atoms with van der Waals surface area (Å²) >= 11 is 0. The highest BCUT2D eigenvalue weighted by molar-refractivity contribution is 5.13. The number of aliphatic hydroxyl groups excluding tert-OH is 3. The number of rotatable bonds is 9. The Morgan fingerprint density at radius 2 is 1.52 bits per heavy atom. The lowest BCUT2D eigenvalue weighted by atomic mass is 9.85. The minimum atomic E-state index is -0.721. The summed E-state index contributed by atoms with van der Waals surface area (Å²) in [6, 6.07) is 9.88. The minimum absolute atomic E-state index is 0.0794. The van der Waals surface area contributed by atoms with E-state index in [2.05, 4.69) is 0 Å². The lowest BCUT2D eigenvalue weighted by Gasteiger charge is -2.31. The van der Waals surface area contributed by atoms with Crippen molar-refractivity contribution in [1.29, 1.82) is 0 Å². The van der Waals surface area contributed by atoms with Gasteiger partial charge >= 0.3 is 0 Å². The van der Waals surface area contributed by atoms with Crippen LogP contribution in [0.1, 0.15) is 26.3 Å². The molecule has 0 fully saturated rings. The predicted molar refractivity (Wildman–Crippen MR) is 82.7 cm³/mol. The van der Waals surface area contributed by atoms with Crippen LogP contribution in [0.5, 0.6) is 0 Å². The molecule has 0 bridgehead atoms. The first kappa shape index (κ1) is 18.1. The molecular weight excluding hydrogens is 268 g/mol. The molecule has 0 saturated heterocycles. The molecule has 0 heterocycles. The van der Waals surface area contributed by atoms with Gasteiger partial charge in [0.15, 0.2) is 0 Å². The molecule has 1 aromatic carbocycles. The summed E-state index contributed by atoms with van der Waals surface area (Å²) in [7, 11) is 0. The van der Waals surface area contributed by atoms with Crippen molar-refractivity contribution in [2.24, 2.45) is 17.8 Å². The SMILES string of the molecule is C[C@H]([C@@H](O)[C@@H](C)CO)[C@@H](O)[C@@H](C)COCc1ccccc1. The smallest absolute Gasteiger partial charge is 0.0717 e. The van der Waals surface area contributed by atoms with Crippen molar-refractivity contribution in [3.05, 3.63) is 35.9 Å². The van der Waals surface area contributed by atoms with Crippen LogP contribution in [0.2, 0.25) is 0 Å². The quantitative estimate of drug-likeness (QED) is 0.650. The first-order valence-electron chi connectivity index (χ1n) is 7.56. The van der Waals surface area contributed by atoms with E-state index in [4.69, 9.17) is 9.84 Å². The van der Waals surface area contributed by atoms with Gasteiger partial charge in [-0.2, -0.15) is 0 Å². The molecule has 1 aromatic rings. The molecule has 5 atom stereocenters. The van der Waals surface area contributed by atoms with E-state index < -0.39 is 12.2 Å². The first-order chi connectivity index (χ1) is 9.97. The standard InChI is InChI=1S/C17H28O4/c1-12(9-18)16(19)14(3)17(20)13(2)10-21-11-15-7-5-4-6-8-15/h4-8,12-14,16-20H,9-11H2,1-3H3/t12-,13-,14+,16-,17-/m0/s1. The van der Waals surface area contributed by atoms with Crippen LogP contribution in [0.15, 0.2) is 30.3 Å². The first-order valence-corrected chi connectivity index (χ1v) is 7.56. The Bertz CT molecular complexity index is 382. The Morgan fingerprint density at radius 3 is 2.10 bits per heavy atom. The van der Waals surface area contributed by atoms with E-state index >= 15 is 0 Å². The zero-order valence-corrected chi connectivity index (χ0v) is 13.1. The monoisotopic (exact) mass is 296 g/mol. The lowest BCUT2D eigenvalue weighted by molar-refractivity contribution is -0.0556. The van der Waals surface area contributed by atoms with Gasteiger partial charge in [-0.05, 0) is 5.56 Å². The molecule has 0 radical (unpaired) electrons. The van der Waals surface area contributed by atoms with E-state index in [-0.39, 0.29) is 24.4 Å². The van der Waals surface area contributed by atoms with Gasteiger partial charge in [-0.1, -0.05) is 51.1 Å². The summed E-state index contributed by atoms with van der Waals surface area (Å²) in [4.78, 5) is 0. The topological polar surface area (TPSA) is 69.9 Å². The van der Waals surface area contributed by atoms with Gasteiger partial charge in [0, 0.05) is 24.4 Å². The molecule has 0 aliphatic heterocycles. The van der Waals surface area contributed by atoms with E-state index in [9.17, 15) is 10.2 Å². The molecule has 3 N–H and O–H groups in total. The van der Waals surface area contributed by atoms with E-state index in [1.165, 1.54) is 0 Å². The van der Waals surface area contributed by atoms with E-state index in [1.54, 1.807) is 13.8 Å². The molecule has 4 nitrogen and oxygen atoms in total. The molecule has 120 valence electrons. The van der Waals surface area contributed by atoms with Crippen LogP contribution in [-0.2, 0) is 11.3 Å². The van der Waals surface area contributed by atoms with E-state index in [1.807, 2.05) is 37.3 Å². The molecule has 0 aliphatic rings. The van der Waals surface area contributed by atoms with Crippen molar-refractivity contribution in [1.82, 2.24) is 0 Å². The van der Waals surface area contributed by atoms with Crippen molar-refractivity contribution in [2.75, 3.05) is 13.2 Å². The van der Waals surface area contributed by atoms with Crippen LogP contribution < -0.4 is 0 Å². The van der Waals surface area contributed by atoms with E-state index in [0.717, 1.165) is 5.56 Å². The number of benzene rings is 1. The second-order valence-electron chi connectivity index (χ2n) is 5.98. The Hall–Kier alpha value is -0.940. The van der Waals surface area contributed by atoms with Crippen LogP contribution in [0, 0.1) is 17.8 Å². The molecule has 0 aliphatic carbocycles. The summed E-state index contributed by atoms with van der Waals surface area (Å²) in [6.45, 7) is 6.34. The fourth-order valence-electron chi connectivity index (χ4n) is 2.38. The van der Waals surface area contributed by atoms with Crippen LogP contribution >= 0.6 is 0 Å². The Labute approximate surface area is 127 Å². The molecule has 21 heavy (non-hydrogen) atoms. The highest BCUT2D eigenvalue weighted by Crippen LogP contribution is 2.21. The molecule has 0 spiro atoms. The third kappa shape index (κ3) is 5.75. The molecule has 0 aromatic heterocycles. The fraction of sp³-hybridized carbons (Fsp3) is 0.647. The van der Waals surface area contributed by atoms with Crippen molar-refractivity contribution >= 4 is 0 Å². The second-order valence-corrected chi connectivity index (χ2v) is 5.98. The maximum atomic E-state index is 10.3. The van der Waals surface area contributed by atoms with Gasteiger partial charge in [0.1, 0.15) is 0 Å². The van der Waals surface area contributed by atoms with Crippen LogP contribution in [0.25, 0.3) is 0 Å².